The SMILES string of the molecule is CN1N=C(C(=O)N2CCC(C)(O)C2)CCC1=O. The smallest absolute Gasteiger partial charge is 0.270 e. The van der Waals surface area contributed by atoms with Crippen LogP contribution >= 0.6 is 0 Å². The molecule has 0 radical (unpaired) electrons. The van der Waals surface area contributed by atoms with E-state index in [1.54, 1.807) is 18.9 Å². The zero-order valence-corrected chi connectivity index (χ0v) is 10.1. The summed E-state index contributed by atoms with van der Waals surface area (Å²) in [5, 5.41) is 15.0. The van der Waals surface area contributed by atoms with E-state index in [0.29, 0.717) is 38.1 Å². The summed E-state index contributed by atoms with van der Waals surface area (Å²) in [6, 6.07) is 0. The fraction of sp³-hybridized carbons (Fsp3) is 0.727. The highest BCUT2D eigenvalue weighted by atomic mass is 16.3. The van der Waals surface area contributed by atoms with Crippen LogP contribution in [0.1, 0.15) is 26.2 Å². The summed E-state index contributed by atoms with van der Waals surface area (Å²) in [4.78, 5) is 24.9. The third-order valence-corrected chi connectivity index (χ3v) is 3.19. The molecule has 0 aromatic heterocycles. The van der Waals surface area contributed by atoms with Gasteiger partial charge in [-0.25, -0.2) is 5.01 Å². The van der Waals surface area contributed by atoms with E-state index in [0.717, 1.165) is 0 Å². The van der Waals surface area contributed by atoms with Crippen molar-refractivity contribution in [3.63, 3.8) is 0 Å². The molecule has 0 aromatic carbocycles. The maximum atomic E-state index is 12.1. The second-order valence-electron chi connectivity index (χ2n) is 4.94. The molecule has 0 aromatic rings. The lowest BCUT2D eigenvalue weighted by molar-refractivity contribution is -0.130. The molecule has 2 heterocycles. The predicted octanol–water partition coefficient (Wildman–Crippen LogP) is -0.422. The van der Waals surface area contributed by atoms with Crippen LogP contribution in [-0.2, 0) is 9.59 Å². The molecule has 1 atom stereocenters. The van der Waals surface area contributed by atoms with Crippen LogP contribution in [0.25, 0.3) is 0 Å². The summed E-state index contributed by atoms with van der Waals surface area (Å²) in [5.74, 6) is -0.239. The quantitative estimate of drug-likeness (QED) is 0.675. The van der Waals surface area contributed by atoms with Crippen LogP contribution in [0, 0.1) is 0 Å². The molecule has 1 unspecified atom stereocenters. The molecule has 2 rings (SSSR count). The molecule has 94 valence electrons. The predicted molar refractivity (Wildman–Crippen MR) is 61.3 cm³/mol. The minimum atomic E-state index is -0.799. The van der Waals surface area contributed by atoms with E-state index in [1.165, 1.54) is 5.01 Å². The van der Waals surface area contributed by atoms with E-state index < -0.39 is 5.60 Å². The van der Waals surface area contributed by atoms with Gasteiger partial charge in [-0.2, -0.15) is 5.10 Å². The number of nitrogens with zero attached hydrogens (tertiary/aromatic N) is 3. The van der Waals surface area contributed by atoms with Crippen LogP contribution < -0.4 is 0 Å². The van der Waals surface area contributed by atoms with Crippen molar-refractivity contribution in [3.8, 4) is 0 Å². The molecule has 0 aliphatic carbocycles. The molecule has 0 saturated carbocycles. The largest absolute Gasteiger partial charge is 0.388 e. The fourth-order valence-corrected chi connectivity index (χ4v) is 2.12. The summed E-state index contributed by atoms with van der Waals surface area (Å²) >= 11 is 0. The Hall–Kier alpha value is -1.43. The van der Waals surface area contributed by atoms with Gasteiger partial charge in [-0.1, -0.05) is 0 Å². The number of likely N-dealkylation sites (tertiary alicyclic amines) is 1. The van der Waals surface area contributed by atoms with Gasteiger partial charge in [0.15, 0.2) is 0 Å². The number of carbonyl (C=O) groups excluding carboxylic acids is 2. The van der Waals surface area contributed by atoms with Gasteiger partial charge in [-0.15, -0.1) is 0 Å². The van der Waals surface area contributed by atoms with Crippen molar-refractivity contribution in [3.05, 3.63) is 0 Å². The highest BCUT2D eigenvalue weighted by Gasteiger charge is 2.36. The van der Waals surface area contributed by atoms with Gasteiger partial charge in [0.25, 0.3) is 5.91 Å². The van der Waals surface area contributed by atoms with Crippen molar-refractivity contribution < 1.29 is 14.7 Å². The van der Waals surface area contributed by atoms with Crippen LogP contribution in [0.2, 0.25) is 0 Å². The molecule has 1 fully saturated rings. The summed E-state index contributed by atoms with van der Waals surface area (Å²) in [6.07, 6.45) is 1.30. The average molecular weight is 239 g/mol. The van der Waals surface area contributed by atoms with E-state index >= 15 is 0 Å². The zero-order chi connectivity index (χ0) is 12.6. The number of amides is 2. The molecule has 1 saturated heterocycles. The minimum absolute atomic E-state index is 0.0741. The van der Waals surface area contributed by atoms with E-state index in [2.05, 4.69) is 5.10 Å². The monoisotopic (exact) mass is 239 g/mol. The molecule has 6 heteroatoms. The first-order valence-corrected chi connectivity index (χ1v) is 5.75. The Morgan fingerprint density at radius 1 is 1.47 bits per heavy atom. The average Bonchev–Trinajstić information content (AvgIpc) is 2.62. The molecular weight excluding hydrogens is 222 g/mol. The number of carbonyl (C=O) groups is 2. The molecule has 2 aliphatic rings. The summed E-state index contributed by atoms with van der Waals surface area (Å²) in [6.45, 7) is 2.60. The third kappa shape index (κ3) is 2.46. The summed E-state index contributed by atoms with van der Waals surface area (Å²) in [5.41, 5.74) is -0.392. The molecule has 1 N–H and O–H groups in total. The molecule has 2 amide bonds. The number of rotatable bonds is 1. The first kappa shape index (κ1) is 12.0. The van der Waals surface area contributed by atoms with Gasteiger partial charge in [0.2, 0.25) is 5.91 Å². The minimum Gasteiger partial charge on any atom is -0.388 e. The Labute approximate surface area is 99.9 Å². The standard InChI is InChI=1S/C11H17N3O3/c1-11(17)5-6-14(7-11)10(16)8-3-4-9(15)13(2)12-8/h17H,3-7H2,1-2H3. The molecule has 0 bridgehead atoms. The Morgan fingerprint density at radius 2 is 2.18 bits per heavy atom. The van der Waals surface area contributed by atoms with E-state index in [-0.39, 0.29) is 11.8 Å². The Kier molecular flexibility index (Phi) is 2.91. The highest BCUT2D eigenvalue weighted by Crippen LogP contribution is 2.21. The molecule has 2 aliphatic heterocycles. The van der Waals surface area contributed by atoms with Crippen LogP contribution in [0.4, 0.5) is 0 Å². The van der Waals surface area contributed by atoms with Gasteiger partial charge in [-0.05, 0) is 13.3 Å². The Bertz CT molecular complexity index is 389. The van der Waals surface area contributed by atoms with Crippen molar-refractivity contribution in [1.82, 2.24) is 9.91 Å². The topological polar surface area (TPSA) is 73.2 Å². The van der Waals surface area contributed by atoms with Crippen LogP contribution in [-0.4, -0.2) is 58.3 Å². The summed E-state index contributed by atoms with van der Waals surface area (Å²) in [7, 11) is 1.55. The van der Waals surface area contributed by atoms with Gasteiger partial charge < -0.3 is 10.0 Å². The van der Waals surface area contributed by atoms with E-state index in [9.17, 15) is 14.7 Å². The zero-order valence-electron chi connectivity index (χ0n) is 10.1. The third-order valence-electron chi connectivity index (χ3n) is 3.19. The molecule has 6 nitrogen and oxygen atoms in total. The second kappa shape index (κ2) is 4.10. The number of hydrazone groups is 1. The lowest BCUT2D eigenvalue weighted by atomic mass is 10.1. The summed E-state index contributed by atoms with van der Waals surface area (Å²) < 4.78 is 0. The number of hydrogen-bond acceptors (Lipinski definition) is 4. The lowest BCUT2D eigenvalue weighted by Crippen LogP contribution is -2.41. The van der Waals surface area contributed by atoms with Crippen LogP contribution in [0.15, 0.2) is 5.10 Å². The fourth-order valence-electron chi connectivity index (χ4n) is 2.12. The van der Waals surface area contributed by atoms with Crippen molar-refractivity contribution in [2.45, 2.75) is 31.8 Å². The van der Waals surface area contributed by atoms with Gasteiger partial charge in [0.1, 0.15) is 5.71 Å². The van der Waals surface area contributed by atoms with Crippen molar-refractivity contribution in [2.24, 2.45) is 5.10 Å². The Balaban J connectivity index is 2.07. The maximum absolute atomic E-state index is 12.1. The maximum Gasteiger partial charge on any atom is 0.270 e. The Morgan fingerprint density at radius 3 is 2.71 bits per heavy atom. The number of β-amino-alcohol motifs (C(OH)–C–C–N with tert-alkyl or cyclic N) is 1. The van der Waals surface area contributed by atoms with E-state index in [1.807, 2.05) is 0 Å². The van der Waals surface area contributed by atoms with Gasteiger partial charge in [-0.3, -0.25) is 9.59 Å². The molecule has 17 heavy (non-hydrogen) atoms. The van der Waals surface area contributed by atoms with Crippen molar-refractivity contribution in [2.75, 3.05) is 20.1 Å². The number of aliphatic hydroxyl groups is 1. The van der Waals surface area contributed by atoms with Crippen molar-refractivity contribution >= 4 is 17.5 Å². The van der Waals surface area contributed by atoms with Gasteiger partial charge in [0, 0.05) is 33.0 Å². The lowest BCUT2D eigenvalue weighted by Gasteiger charge is -2.23. The number of hydrogen-bond donors (Lipinski definition) is 1. The highest BCUT2D eigenvalue weighted by molar-refractivity contribution is 6.39. The second-order valence-corrected chi connectivity index (χ2v) is 4.94. The first-order chi connectivity index (χ1) is 7.89. The normalized spacial score (nSPS) is 29.6. The molecular formula is C11H17N3O3. The van der Waals surface area contributed by atoms with Crippen LogP contribution in [0.3, 0.4) is 0 Å². The molecule has 0 spiro atoms. The first-order valence-electron chi connectivity index (χ1n) is 5.75. The van der Waals surface area contributed by atoms with Gasteiger partial charge >= 0.3 is 0 Å². The van der Waals surface area contributed by atoms with Crippen molar-refractivity contribution in [1.29, 1.82) is 0 Å². The van der Waals surface area contributed by atoms with E-state index in [4.69, 9.17) is 0 Å². The van der Waals surface area contributed by atoms with Gasteiger partial charge in [0.05, 0.1) is 5.60 Å². The van der Waals surface area contributed by atoms with Crippen LogP contribution in [0.5, 0.6) is 0 Å².